The Morgan fingerprint density at radius 2 is 2.11 bits per heavy atom. The third-order valence-corrected chi connectivity index (χ3v) is 9.78. The molecule has 1 saturated heterocycles. The number of carboxylic acid groups (broad SMARTS) is 1. The number of carbonyl (C=O) groups is 3. The van der Waals surface area contributed by atoms with Crippen LogP contribution in [0.5, 0.6) is 5.75 Å². The molecule has 0 saturated carbocycles. The second kappa shape index (κ2) is 11.2. The summed E-state index contributed by atoms with van der Waals surface area (Å²) in [6.45, 7) is 1.85. The van der Waals surface area contributed by atoms with Crippen molar-refractivity contribution in [3.05, 3.63) is 68.2 Å². The summed E-state index contributed by atoms with van der Waals surface area (Å²) in [6, 6.07) is 7.15. The van der Waals surface area contributed by atoms with Gasteiger partial charge in [0.15, 0.2) is 10.1 Å². The molecule has 0 radical (unpaired) electrons. The maximum atomic E-state index is 12.9. The topological polar surface area (TPSA) is 135 Å². The minimum Gasteiger partial charge on any atom is -0.484 e. The van der Waals surface area contributed by atoms with Crippen molar-refractivity contribution in [1.29, 1.82) is 0 Å². The van der Waals surface area contributed by atoms with Crippen LogP contribution in [0.4, 0.5) is 0 Å². The number of β-lactam (4-membered cyclic amide) rings is 1. The number of carbonyl (C=O) groups excluding carboxylic acids is 2. The van der Waals surface area contributed by atoms with Gasteiger partial charge in [-0.3, -0.25) is 14.5 Å². The highest BCUT2D eigenvalue weighted by Gasteiger charge is 2.54. The zero-order chi connectivity index (χ0) is 27.0. The number of aryl methyl sites for hydroxylation is 1. The molecule has 0 spiro atoms. The fraction of sp³-hybridized carbons (Fsp3) is 0.261. The van der Waals surface area contributed by atoms with E-state index in [1.165, 1.54) is 45.8 Å². The number of hydrogen-bond donors (Lipinski definition) is 2. The normalized spacial score (nSPS) is 18.7. The van der Waals surface area contributed by atoms with Gasteiger partial charge in [0.2, 0.25) is 0 Å². The lowest BCUT2D eigenvalue weighted by Crippen LogP contribution is -2.70. The second-order valence-electron chi connectivity index (χ2n) is 8.10. The molecule has 2 N–H and O–H groups in total. The standard InChI is InChI=1S/C23H18Cl2N4O6S3/c1-10-27-28-23(38-10)37-9-11-8-36-21-17(20(31)29(21)18(11)22(32)33)26-19(30)15-6-5-12(35-15)7-34-14-4-2-3-13(24)16(14)25/h2-6,17,21H,7-9H2,1H3,(H,26,30)(H,32,33)/t17-,21-/m0/s1. The molecule has 1 fully saturated rings. The fourth-order valence-electron chi connectivity index (χ4n) is 3.81. The van der Waals surface area contributed by atoms with E-state index in [0.717, 1.165) is 9.35 Å². The highest BCUT2D eigenvalue weighted by Crippen LogP contribution is 2.42. The highest BCUT2D eigenvalue weighted by atomic mass is 35.5. The van der Waals surface area contributed by atoms with Crippen LogP contribution in [0.2, 0.25) is 10.0 Å². The third kappa shape index (κ3) is 5.38. The van der Waals surface area contributed by atoms with E-state index in [0.29, 0.717) is 33.6 Å². The maximum absolute atomic E-state index is 12.9. The summed E-state index contributed by atoms with van der Waals surface area (Å²) in [6.07, 6.45) is 0. The number of ether oxygens (including phenoxy) is 1. The predicted molar refractivity (Wildman–Crippen MR) is 144 cm³/mol. The lowest BCUT2D eigenvalue weighted by molar-refractivity contribution is -0.148. The summed E-state index contributed by atoms with van der Waals surface area (Å²) >= 11 is 16.3. The third-order valence-electron chi connectivity index (χ3n) is 5.59. The van der Waals surface area contributed by atoms with Crippen molar-refractivity contribution in [3.8, 4) is 5.75 Å². The Kier molecular flexibility index (Phi) is 7.91. The average Bonchev–Trinajstić information content (AvgIpc) is 3.55. The number of benzene rings is 1. The maximum Gasteiger partial charge on any atom is 0.352 e. The first kappa shape index (κ1) is 26.9. The molecule has 2 atom stereocenters. The van der Waals surface area contributed by atoms with Crippen LogP contribution in [-0.4, -0.2) is 60.9 Å². The first-order valence-electron chi connectivity index (χ1n) is 11.0. The number of thioether (sulfide) groups is 2. The van der Waals surface area contributed by atoms with E-state index in [1.54, 1.807) is 24.3 Å². The summed E-state index contributed by atoms with van der Waals surface area (Å²) in [5, 5.41) is 21.4. The molecule has 4 heterocycles. The summed E-state index contributed by atoms with van der Waals surface area (Å²) in [5.41, 5.74) is 0.570. The number of hydrogen-bond acceptors (Lipinski definition) is 10. The lowest BCUT2D eigenvalue weighted by atomic mass is 10.0. The number of aliphatic carboxylic acids is 1. The Balaban J connectivity index is 1.21. The Labute approximate surface area is 238 Å². The van der Waals surface area contributed by atoms with Crippen LogP contribution in [-0.2, 0) is 16.2 Å². The number of amides is 2. The van der Waals surface area contributed by atoms with Crippen molar-refractivity contribution in [1.82, 2.24) is 20.4 Å². The van der Waals surface area contributed by atoms with Gasteiger partial charge in [0.25, 0.3) is 11.8 Å². The zero-order valence-electron chi connectivity index (χ0n) is 19.5. The van der Waals surface area contributed by atoms with E-state index in [-0.39, 0.29) is 23.1 Å². The molecule has 2 amide bonds. The Hall–Kier alpha value is -2.71. The van der Waals surface area contributed by atoms with Gasteiger partial charge in [0.1, 0.15) is 45.3 Å². The van der Waals surface area contributed by atoms with Crippen LogP contribution in [0.15, 0.2) is 50.4 Å². The molecule has 2 aliphatic rings. The van der Waals surface area contributed by atoms with Crippen molar-refractivity contribution in [3.63, 3.8) is 0 Å². The van der Waals surface area contributed by atoms with Crippen LogP contribution in [0.25, 0.3) is 0 Å². The van der Waals surface area contributed by atoms with Gasteiger partial charge < -0.3 is 19.6 Å². The number of aromatic nitrogens is 2. The van der Waals surface area contributed by atoms with Crippen molar-refractivity contribution in [2.24, 2.45) is 0 Å². The molecule has 2 aromatic heterocycles. The molecule has 2 aliphatic heterocycles. The molecule has 0 unspecified atom stereocenters. The first-order chi connectivity index (χ1) is 18.2. The van der Waals surface area contributed by atoms with Crippen LogP contribution < -0.4 is 10.1 Å². The average molecular weight is 614 g/mol. The molecular weight excluding hydrogens is 595 g/mol. The van der Waals surface area contributed by atoms with Gasteiger partial charge in [-0.25, -0.2) is 4.79 Å². The lowest BCUT2D eigenvalue weighted by Gasteiger charge is -2.49. The summed E-state index contributed by atoms with van der Waals surface area (Å²) in [7, 11) is 0. The zero-order valence-corrected chi connectivity index (χ0v) is 23.4. The minimum atomic E-state index is -1.19. The van der Waals surface area contributed by atoms with E-state index >= 15 is 0 Å². The SMILES string of the molecule is Cc1nnc(SCC2=C(C(=O)O)N3C(=O)[C@H](NC(=O)c4ccc(COc5cccc(Cl)c5Cl)o4)[C@@H]3SC2)s1. The molecule has 15 heteroatoms. The Morgan fingerprint density at radius 3 is 2.84 bits per heavy atom. The molecule has 0 bridgehead atoms. The molecule has 10 nitrogen and oxygen atoms in total. The van der Waals surface area contributed by atoms with Gasteiger partial charge in [0, 0.05) is 11.5 Å². The van der Waals surface area contributed by atoms with Gasteiger partial charge >= 0.3 is 5.97 Å². The van der Waals surface area contributed by atoms with Gasteiger partial charge in [0.05, 0.1) is 5.02 Å². The van der Waals surface area contributed by atoms with Gasteiger partial charge in [-0.1, -0.05) is 52.4 Å². The Morgan fingerprint density at radius 1 is 1.29 bits per heavy atom. The smallest absolute Gasteiger partial charge is 0.352 e. The van der Waals surface area contributed by atoms with Gasteiger partial charge in [-0.15, -0.1) is 22.0 Å². The first-order valence-corrected chi connectivity index (χ1v) is 14.6. The van der Waals surface area contributed by atoms with Crippen LogP contribution in [0.3, 0.4) is 0 Å². The molecule has 0 aliphatic carbocycles. The van der Waals surface area contributed by atoms with E-state index in [1.807, 2.05) is 6.92 Å². The fourth-order valence-corrected chi connectivity index (χ4v) is 7.46. The van der Waals surface area contributed by atoms with Crippen LogP contribution in [0.1, 0.15) is 21.3 Å². The number of halogens is 2. The molecule has 3 aromatic rings. The van der Waals surface area contributed by atoms with Crippen LogP contribution in [0, 0.1) is 6.92 Å². The number of nitrogens with zero attached hydrogens (tertiary/aromatic N) is 3. The van der Waals surface area contributed by atoms with E-state index in [2.05, 4.69) is 15.5 Å². The van der Waals surface area contributed by atoms with Crippen molar-refractivity contribution in [2.45, 2.75) is 29.3 Å². The monoisotopic (exact) mass is 612 g/mol. The van der Waals surface area contributed by atoms with Crippen LogP contribution >= 0.6 is 58.1 Å². The molecule has 5 rings (SSSR count). The van der Waals surface area contributed by atoms with Crippen molar-refractivity contribution < 1.29 is 28.6 Å². The number of carboxylic acids is 1. The predicted octanol–water partition coefficient (Wildman–Crippen LogP) is 4.47. The quantitative estimate of drug-likeness (QED) is 0.263. The van der Waals surface area contributed by atoms with E-state index in [4.69, 9.17) is 32.4 Å². The van der Waals surface area contributed by atoms with E-state index in [9.17, 15) is 19.5 Å². The number of rotatable bonds is 9. The van der Waals surface area contributed by atoms with Gasteiger partial charge in [-0.05, 0) is 36.8 Å². The van der Waals surface area contributed by atoms with Crippen molar-refractivity contribution in [2.75, 3.05) is 11.5 Å². The Bertz CT molecular complexity index is 1460. The molecule has 38 heavy (non-hydrogen) atoms. The number of nitrogens with one attached hydrogen (secondary N) is 1. The van der Waals surface area contributed by atoms with Gasteiger partial charge in [-0.2, -0.15) is 0 Å². The van der Waals surface area contributed by atoms with E-state index < -0.39 is 29.2 Å². The number of furan rings is 1. The molecular formula is C23H18Cl2N4O6S3. The summed E-state index contributed by atoms with van der Waals surface area (Å²) in [5.74, 6) is -0.773. The highest BCUT2D eigenvalue weighted by molar-refractivity contribution is 8.01. The van der Waals surface area contributed by atoms with Crippen molar-refractivity contribution >= 4 is 75.8 Å². The minimum absolute atomic E-state index is 0.00609. The molecule has 198 valence electrons. The largest absolute Gasteiger partial charge is 0.484 e. The molecule has 1 aromatic carbocycles. The summed E-state index contributed by atoms with van der Waals surface area (Å²) in [4.78, 5) is 39.0. The number of fused-ring (bicyclic) bond motifs is 1. The second-order valence-corrected chi connectivity index (χ2v) is 12.4. The summed E-state index contributed by atoms with van der Waals surface area (Å²) < 4.78 is 11.9.